The van der Waals surface area contributed by atoms with Crippen LogP contribution in [0.2, 0.25) is 0 Å². The van der Waals surface area contributed by atoms with Gasteiger partial charge in [-0.1, -0.05) is 0 Å². The maximum absolute atomic E-state index is 12.4. The number of carbonyl (C=O) groups is 1. The maximum Gasteiger partial charge on any atom is 0.251 e. The number of ether oxygens (including phenoxy) is 3. The molecule has 0 saturated carbocycles. The molecule has 2 aliphatic heterocycles. The Morgan fingerprint density at radius 3 is 3.08 bits per heavy atom. The fraction of sp³-hybridized carbons (Fsp3) is 0.389. The zero-order chi connectivity index (χ0) is 17.9. The Morgan fingerprint density at radius 1 is 1.31 bits per heavy atom. The van der Waals surface area contributed by atoms with Crippen LogP contribution < -0.4 is 14.8 Å². The predicted octanol–water partition coefficient (Wildman–Crippen LogP) is 1.14. The highest BCUT2D eigenvalue weighted by atomic mass is 16.7. The van der Waals surface area contributed by atoms with Gasteiger partial charge in [-0.05, 0) is 31.3 Å². The zero-order valence-electron chi connectivity index (χ0n) is 14.5. The Bertz CT molecular complexity index is 814. The summed E-state index contributed by atoms with van der Waals surface area (Å²) in [5, 5.41) is 2.87. The second-order valence-corrected chi connectivity index (χ2v) is 6.28. The molecule has 3 heterocycles. The van der Waals surface area contributed by atoms with Gasteiger partial charge in [0.15, 0.2) is 17.3 Å². The van der Waals surface area contributed by atoms with Crippen molar-refractivity contribution in [2.75, 3.05) is 33.5 Å². The van der Waals surface area contributed by atoms with Crippen molar-refractivity contribution in [2.45, 2.75) is 12.6 Å². The van der Waals surface area contributed by atoms with Crippen molar-refractivity contribution in [1.82, 2.24) is 20.2 Å². The number of fused-ring (bicyclic) bond motifs is 1. The topological polar surface area (TPSA) is 85.8 Å². The maximum atomic E-state index is 12.4. The zero-order valence-corrected chi connectivity index (χ0v) is 14.5. The molecule has 1 aromatic carbocycles. The van der Waals surface area contributed by atoms with Gasteiger partial charge in [-0.25, -0.2) is 9.97 Å². The van der Waals surface area contributed by atoms with Gasteiger partial charge in [0, 0.05) is 24.8 Å². The number of likely N-dealkylation sites (N-methyl/N-ethyl adjacent to an activating group) is 1. The molecule has 1 atom stereocenters. The third-order valence-electron chi connectivity index (χ3n) is 4.35. The van der Waals surface area contributed by atoms with E-state index in [4.69, 9.17) is 14.2 Å². The molecule has 1 N–H and O–H groups in total. The van der Waals surface area contributed by atoms with Gasteiger partial charge in [0.25, 0.3) is 5.91 Å². The first-order valence-electron chi connectivity index (χ1n) is 8.49. The minimum absolute atomic E-state index is 0.140. The molecule has 0 aliphatic carbocycles. The van der Waals surface area contributed by atoms with Gasteiger partial charge in [0.05, 0.1) is 18.8 Å². The summed E-state index contributed by atoms with van der Waals surface area (Å²) in [6.07, 6.45) is 1.56. The molecule has 136 valence electrons. The first-order chi connectivity index (χ1) is 12.7. The summed E-state index contributed by atoms with van der Waals surface area (Å²) in [5.74, 6) is 1.68. The largest absolute Gasteiger partial charge is 0.454 e. The molecule has 1 unspecified atom stereocenters. The van der Waals surface area contributed by atoms with Crippen molar-refractivity contribution in [2.24, 2.45) is 0 Å². The van der Waals surface area contributed by atoms with E-state index in [1.807, 2.05) is 7.05 Å². The van der Waals surface area contributed by atoms with Gasteiger partial charge in [0.1, 0.15) is 6.10 Å². The number of nitrogens with one attached hydrogen (secondary N) is 1. The lowest BCUT2D eigenvalue weighted by atomic mass is 10.2. The molecule has 0 spiro atoms. The number of hydrogen-bond acceptors (Lipinski definition) is 7. The summed E-state index contributed by atoms with van der Waals surface area (Å²) in [7, 11) is 2.05. The minimum Gasteiger partial charge on any atom is -0.454 e. The smallest absolute Gasteiger partial charge is 0.251 e. The van der Waals surface area contributed by atoms with E-state index in [0.29, 0.717) is 36.0 Å². The van der Waals surface area contributed by atoms with Gasteiger partial charge >= 0.3 is 0 Å². The standard InChI is InChI=1S/C18H20N4O4/c1-22-6-7-24-16(10-22)17-19-5-4-13(21-17)9-20-18(23)12-2-3-14-15(8-12)26-11-25-14/h2-5,8,16H,6-7,9-11H2,1H3,(H,20,23). The predicted molar refractivity (Wildman–Crippen MR) is 92.0 cm³/mol. The lowest BCUT2D eigenvalue weighted by Gasteiger charge is -2.29. The van der Waals surface area contributed by atoms with Gasteiger partial charge in [-0.2, -0.15) is 0 Å². The molecule has 0 bridgehead atoms. The molecule has 8 heteroatoms. The van der Waals surface area contributed by atoms with Crippen molar-refractivity contribution < 1.29 is 19.0 Å². The van der Waals surface area contributed by atoms with Crippen molar-refractivity contribution in [3.63, 3.8) is 0 Å². The Kier molecular flexibility index (Phi) is 4.68. The van der Waals surface area contributed by atoms with Crippen LogP contribution in [0.15, 0.2) is 30.5 Å². The van der Waals surface area contributed by atoms with Crippen LogP contribution in [0, 0.1) is 0 Å². The van der Waals surface area contributed by atoms with Crippen molar-refractivity contribution in [3.05, 3.63) is 47.5 Å². The number of benzene rings is 1. The molecular formula is C18H20N4O4. The van der Waals surface area contributed by atoms with Crippen LogP contribution in [0.4, 0.5) is 0 Å². The van der Waals surface area contributed by atoms with Crippen molar-refractivity contribution in [3.8, 4) is 11.5 Å². The van der Waals surface area contributed by atoms with Crippen LogP contribution in [-0.4, -0.2) is 54.3 Å². The molecule has 1 amide bonds. The Balaban J connectivity index is 1.40. The summed E-state index contributed by atoms with van der Waals surface area (Å²) in [4.78, 5) is 23.4. The van der Waals surface area contributed by atoms with E-state index in [9.17, 15) is 4.79 Å². The fourth-order valence-corrected chi connectivity index (χ4v) is 2.91. The van der Waals surface area contributed by atoms with E-state index in [1.54, 1.807) is 30.5 Å². The summed E-state index contributed by atoms with van der Waals surface area (Å²) < 4.78 is 16.3. The number of morpholine rings is 1. The van der Waals surface area contributed by atoms with Crippen LogP contribution in [0.3, 0.4) is 0 Å². The highest BCUT2D eigenvalue weighted by Gasteiger charge is 2.22. The second-order valence-electron chi connectivity index (χ2n) is 6.28. The van der Waals surface area contributed by atoms with Gasteiger partial charge in [-0.3, -0.25) is 4.79 Å². The molecule has 2 aromatic rings. The molecule has 1 saturated heterocycles. The number of carbonyl (C=O) groups excluding carboxylic acids is 1. The summed E-state index contributed by atoms with van der Waals surface area (Å²) in [6, 6.07) is 6.90. The van der Waals surface area contributed by atoms with E-state index in [0.717, 1.165) is 18.8 Å². The average Bonchev–Trinajstić information content (AvgIpc) is 3.14. The van der Waals surface area contributed by atoms with Crippen LogP contribution in [0.25, 0.3) is 0 Å². The molecule has 1 fully saturated rings. The first kappa shape index (κ1) is 16.7. The Morgan fingerprint density at radius 2 is 2.19 bits per heavy atom. The molecular weight excluding hydrogens is 336 g/mol. The summed E-state index contributed by atoms with van der Waals surface area (Å²) in [6.45, 7) is 2.82. The normalized spacial score (nSPS) is 19.3. The minimum atomic E-state index is -0.197. The third kappa shape index (κ3) is 3.61. The lowest BCUT2D eigenvalue weighted by molar-refractivity contribution is -0.0256. The van der Waals surface area contributed by atoms with E-state index in [1.165, 1.54) is 0 Å². The quantitative estimate of drug-likeness (QED) is 0.879. The van der Waals surface area contributed by atoms with Gasteiger partial charge < -0.3 is 24.4 Å². The Hall–Kier alpha value is -2.71. The van der Waals surface area contributed by atoms with E-state index >= 15 is 0 Å². The molecule has 2 aliphatic rings. The second kappa shape index (κ2) is 7.27. The lowest BCUT2D eigenvalue weighted by Crippen LogP contribution is -2.36. The summed E-state index contributed by atoms with van der Waals surface area (Å²) >= 11 is 0. The molecule has 4 rings (SSSR count). The van der Waals surface area contributed by atoms with E-state index in [2.05, 4.69) is 20.2 Å². The van der Waals surface area contributed by atoms with Crippen molar-refractivity contribution >= 4 is 5.91 Å². The molecule has 1 aromatic heterocycles. The number of rotatable bonds is 4. The first-order valence-corrected chi connectivity index (χ1v) is 8.49. The van der Waals surface area contributed by atoms with E-state index in [-0.39, 0.29) is 18.8 Å². The van der Waals surface area contributed by atoms with Crippen LogP contribution in [-0.2, 0) is 11.3 Å². The third-order valence-corrected chi connectivity index (χ3v) is 4.35. The van der Waals surface area contributed by atoms with Crippen LogP contribution in [0.5, 0.6) is 11.5 Å². The van der Waals surface area contributed by atoms with Gasteiger partial charge in [-0.15, -0.1) is 0 Å². The number of nitrogens with zero attached hydrogens (tertiary/aromatic N) is 3. The van der Waals surface area contributed by atoms with Gasteiger partial charge in [0.2, 0.25) is 6.79 Å². The number of amides is 1. The molecule has 26 heavy (non-hydrogen) atoms. The summed E-state index contributed by atoms with van der Waals surface area (Å²) in [5.41, 5.74) is 1.25. The van der Waals surface area contributed by atoms with Crippen LogP contribution in [0.1, 0.15) is 28.0 Å². The molecule has 8 nitrogen and oxygen atoms in total. The highest BCUT2D eigenvalue weighted by molar-refractivity contribution is 5.94. The van der Waals surface area contributed by atoms with Crippen molar-refractivity contribution in [1.29, 1.82) is 0 Å². The molecule has 0 radical (unpaired) electrons. The number of hydrogen-bond donors (Lipinski definition) is 1. The fourth-order valence-electron chi connectivity index (χ4n) is 2.91. The monoisotopic (exact) mass is 356 g/mol. The average molecular weight is 356 g/mol. The van der Waals surface area contributed by atoms with Crippen LogP contribution >= 0.6 is 0 Å². The number of aromatic nitrogens is 2. The highest BCUT2D eigenvalue weighted by Crippen LogP contribution is 2.32. The Labute approximate surface area is 151 Å². The SMILES string of the molecule is CN1CCOC(c2nccc(CNC(=O)c3ccc4c(c3)OCO4)n2)C1. The van der Waals surface area contributed by atoms with E-state index < -0.39 is 0 Å².